The third kappa shape index (κ3) is 5.05. The second-order valence-corrected chi connectivity index (χ2v) is 6.26. The number of benzene rings is 2. The molecule has 1 atom stereocenters. The lowest BCUT2D eigenvalue weighted by Crippen LogP contribution is -2.33. The molecular weight excluding hydrogens is 314 g/mol. The van der Waals surface area contributed by atoms with Crippen LogP contribution in [0.25, 0.3) is 6.08 Å². The first-order chi connectivity index (χ1) is 12.1. The third-order valence-corrected chi connectivity index (χ3v) is 3.95. The minimum Gasteiger partial charge on any atom is -0.444 e. The Morgan fingerprint density at radius 3 is 2.56 bits per heavy atom. The van der Waals surface area contributed by atoms with E-state index >= 15 is 0 Å². The average molecular weight is 335 g/mol. The summed E-state index contributed by atoms with van der Waals surface area (Å²) in [5, 5.41) is 2.90. The van der Waals surface area contributed by atoms with Gasteiger partial charge in [-0.1, -0.05) is 60.2 Å². The highest BCUT2D eigenvalue weighted by Gasteiger charge is 2.30. The summed E-state index contributed by atoms with van der Waals surface area (Å²) < 4.78 is 5.44. The molecule has 1 saturated carbocycles. The first-order valence-corrected chi connectivity index (χ1v) is 8.42. The van der Waals surface area contributed by atoms with Crippen LogP contribution in [0.15, 0.2) is 60.7 Å². The highest BCUT2D eigenvalue weighted by Crippen LogP contribution is 2.23. The van der Waals surface area contributed by atoms with Crippen molar-refractivity contribution in [1.82, 2.24) is 5.32 Å². The lowest BCUT2D eigenvalue weighted by Gasteiger charge is -2.17. The molecule has 1 fully saturated rings. The number of hydrogen-bond donors (Lipinski definition) is 1. The van der Waals surface area contributed by atoms with E-state index in [0.717, 1.165) is 24.0 Å². The summed E-state index contributed by atoms with van der Waals surface area (Å²) in [7, 11) is 0. The Labute approximate surface area is 147 Å². The van der Waals surface area contributed by atoms with Crippen LogP contribution in [-0.2, 0) is 14.3 Å². The van der Waals surface area contributed by atoms with Gasteiger partial charge in [0.15, 0.2) is 0 Å². The van der Waals surface area contributed by atoms with Gasteiger partial charge in [-0.25, -0.2) is 4.79 Å². The molecule has 0 spiro atoms. The number of amides is 1. The lowest BCUT2D eigenvalue weighted by molar-refractivity contribution is -0.151. The second kappa shape index (κ2) is 7.79. The Hall–Kier alpha value is -2.88. The zero-order valence-electron chi connectivity index (χ0n) is 14.1. The van der Waals surface area contributed by atoms with Crippen LogP contribution in [-0.4, -0.2) is 17.9 Å². The topological polar surface area (TPSA) is 55.4 Å². The molecule has 1 amide bonds. The molecule has 4 heteroatoms. The number of carbonyl (C=O) groups is 2. The number of esters is 1. The zero-order chi connectivity index (χ0) is 17.6. The van der Waals surface area contributed by atoms with Crippen LogP contribution in [0, 0.1) is 6.92 Å². The van der Waals surface area contributed by atoms with E-state index in [1.165, 1.54) is 6.08 Å². The van der Waals surface area contributed by atoms with Gasteiger partial charge in [-0.05, 0) is 31.4 Å². The van der Waals surface area contributed by atoms with E-state index in [-0.39, 0.29) is 11.9 Å². The van der Waals surface area contributed by atoms with E-state index in [2.05, 4.69) is 5.32 Å². The van der Waals surface area contributed by atoms with Gasteiger partial charge in [0.05, 0.1) is 0 Å². The third-order valence-electron chi connectivity index (χ3n) is 3.95. The number of hydrogen-bond acceptors (Lipinski definition) is 3. The molecule has 0 aromatic heterocycles. The van der Waals surface area contributed by atoms with Gasteiger partial charge in [0.25, 0.3) is 5.91 Å². The first kappa shape index (κ1) is 17.0. The number of nitrogens with one attached hydrogen (secondary N) is 1. The maximum Gasteiger partial charge on any atom is 0.331 e. The van der Waals surface area contributed by atoms with Gasteiger partial charge in [-0.2, -0.15) is 0 Å². The molecule has 4 nitrogen and oxygen atoms in total. The van der Waals surface area contributed by atoms with Gasteiger partial charge in [0.2, 0.25) is 6.10 Å². The number of rotatable bonds is 6. The Balaban J connectivity index is 1.70. The van der Waals surface area contributed by atoms with Gasteiger partial charge >= 0.3 is 5.97 Å². The SMILES string of the molecule is Cc1cccc(/C=C/C(=O)O[C@H](C(=O)NC2CC2)c2ccccc2)c1. The minimum absolute atomic E-state index is 0.209. The standard InChI is InChI=1S/C21H21NO3/c1-15-6-5-7-16(14-15)10-13-19(23)25-20(17-8-3-2-4-9-17)21(24)22-18-11-12-18/h2-10,13-14,18,20H,11-12H2,1H3,(H,22,24)/b13-10+/t20-/m0/s1. The van der Waals surface area contributed by atoms with Crippen LogP contribution in [0.3, 0.4) is 0 Å². The van der Waals surface area contributed by atoms with E-state index in [4.69, 9.17) is 4.74 Å². The molecule has 3 rings (SSSR count). The average Bonchev–Trinajstić information content (AvgIpc) is 3.42. The van der Waals surface area contributed by atoms with Crippen molar-refractivity contribution in [3.63, 3.8) is 0 Å². The van der Waals surface area contributed by atoms with E-state index in [1.54, 1.807) is 18.2 Å². The first-order valence-electron chi connectivity index (χ1n) is 8.42. The number of carbonyl (C=O) groups excluding carboxylic acids is 2. The van der Waals surface area contributed by atoms with Crippen LogP contribution in [0.1, 0.15) is 35.6 Å². The van der Waals surface area contributed by atoms with Crippen molar-refractivity contribution < 1.29 is 14.3 Å². The maximum atomic E-state index is 12.4. The normalized spacial score (nSPS) is 14.9. The summed E-state index contributed by atoms with van der Waals surface area (Å²) >= 11 is 0. The summed E-state index contributed by atoms with van der Waals surface area (Å²) in [6, 6.07) is 17.1. The monoisotopic (exact) mass is 335 g/mol. The molecule has 1 aliphatic rings. The zero-order valence-corrected chi connectivity index (χ0v) is 14.1. The molecule has 2 aromatic rings. The molecular formula is C21H21NO3. The van der Waals surface area contributed by atoms with Crippen molar-refractivity contribution in [3.05, 3.63) is 77.4 Å². The Morgan fingerprint density at radius 1 is 1.12 bits per heavy atom. The largest absolute Gasteiger partial charge is 0.444 e. The molecule has 0 aliphatic heterocycles. The van der Waals surface area contributed by atoms with E-state index < -0.39 is 12.1 Å². The predicted octanol–water partition coefficient (Wildman–Crippen LogP) is 3.57. The molecule has 1 N–H and O–H groups in total. The summed E-state index contributed by atoms with van der Waals surface area (Å²) in [5.74, 6) is -0.813. The summed E-state index contributed by atoms with van der Waals surface area (Å²) in [5.41, 5.74) is 2.69. The molecule has 0 radical (unpaired) electrons. The Morgan fingerprint density at radius 2 is 1.88 bits per heavy atom. The van der Waals surface area contributed by atoms with E-state index in [9.17, 15) is 9.59 Å². The number of ether oxygens (including phenoxy) is 1. The highest BCUT2D eigenvalue weighted by molar-refractivity contribution is 5.91. The smallest absolute Gasteiger partial charge is 0.331 e. The van der Waals surface area contributed by atoms with Crippen LogP contribution in [0.2, 0.25) is 0 Å². The van der Waals surface area contributed by atoms with Crippen molar-refractivity contribution in [2.24, 2.45) is 0 Å². The molecule has 1 aliphatic carbocycles. The molecule has 0 saturated heterocycles. The van der Waals surface area contributed by atoms with Crippen LogP contribution >= 0.6 is 0 Å². The fourth-order valence-corrected chi connectivity index (χ4v) is 2.50. The Kier molecular flexibility index (Phi) is 5.29. The van der Waals surface area contributed by atoms with Gasteiger partial charge in [0.1, 0.15) is 0 Å². The van der Waals surface area contributed by atoms with Crippen molar-refractivity contribution in [2.45, 2.75) is 31.9 Å². The van der Waals surface area contributed by atoms with Crippen molar-refractivity contribution >= 4 is 18.0 Å². The molecule has 0 heterocycles. The highest BCUT2D eigenvalue weighted by atomic mass is 16.5. The van der Waals surface area contributed by atoms with Crippen molar-refractivity contribution in [2.75, 3.05) is 0 Å². The van der Waals surface area contributed by atoms with Gasteiger partial charge in [-0.15, -0.1) is 0 Å². The quantitative estimate of drug-likeness (QED) is 0.648. The minimum atomic E-state index is -0.934. The molecule has 0 bridgehead atoms. The summed E-state index contributed by atoms with van der Waals surface area (Å²) in [6.45, 7) is 1.99. The van der Waals surface area contributed by atoms with Crippen LogP contribution in [0.5, 0.6) is 0 Å². The molecule has 2 aromatic carbocycles. The Bertz CT molecular complexity index is 779. The van der Waals surface area contributed by atoms with Gasteiger partial charge < -0.3 is 10.1 Å². The molecule has 128 valence electrons. The van der Waals surface area contributed by atoms with Gasteiger partial charge in [0, 0.05) is 17.7 Å². The maximum absolute atomic E-state index is 12.4. The van der Waals surface area contributed by atoms with E-state index in [0.29, 0.717) is 5.56 Å². The number of aryl methyl sites for hydroxylation is 1. The van der Waals surface area contributed by atoms with E-state index in [1.807, 2.05) is 49.4 Å². The van der Waals surface area contributed by atoms with Crippen molar-refractivity contribution in [1.29, 1.82) is 0 Å². The van der Waals surface area contributed by atoms with Crippen molar-refractivity contribution in [3.8, 4) is 0 Å². The predicted molar refractivity (Wildman–Crippen MR) is 96.7 cm³/mol. The molecule has 0 unspecified atom stereocenters. The summed E-state index contributed by atoms with van der Waals surface area (Å²) in [6.07, 6.45) is 4.07. The van der Waals surface area contributed by atoms with Crippen LogP contribution < -0.4 is 5.32 Å². The lowest BCUT2D eigenvalue weighted by atomic mass is 10.1. The summed E-state index contributed by atoms with van der Waals surface area (Å²) in [4.78, 5) is 24.6. The van der Waals surface area contributed by atoms with Crippen LogP contribution in [0.4, 0.5) is 0 Å². The second-order valence-electron chi connectivity index (χ2n) is 6.26. The molecule has 25 heavy (non-hydrogen) atoms. The fourth-order valence-electron chi connectivity index (χ4n) is 2.50. The fraction of sp³-hybridized carbons (Fsp3) is 0.238. The van der Waals surface area contributed by atoms with Gasteiger partial charge in [-0.3, -0.25) is 4.79 Å².